The maximum atomic E-state index is 12.7. The Labute approximate surface area is 164 Å². The molecule has 2 aromatic carbocycles. The third-order valence-electron chi connectivity index (χ3n) is 4.02. The molecule has 2 rings (SSSR count). The van der Waals surface area contributed by atoms with Crippen LogP contribution in [0.4, 0.5) is 5.69 Å². The zero-order valence-corrected chi connectivity index (χ0v) is 17.0. The van der Waals surface area contributed by atoms with E-state index in [9.17, 15) is 13.2 Å². The molecule has 0 radical (unpaired) electrons. The molecule has 0 aliphatic carbocycles. The summed E-state index contributed by atoms with van der Waals surface area (Å²) in [4.78, 5) is 12.3. The van der Waals surface area contributed by atoms with Gasteiger partial charge < -0.3 is 5.32 Å². The maximum absolute atomic E-state index is 12.7. The first-order valence-electron chi connectivity index (χ1n) is 8.01. The van der Waals surface area contributed by atoms with Crippen LogP contribution in [-0.2, 0) is 10.0 Å². The van der Waals surface area contributed by atoms with Crippen molar-refractivity contribution in [3.63, 3.8) is 0 Å². The van der Waals surface area contributed by atoms with Gasteiger partial charge in [0, 0.05) is 18.1 Å². The van der Waals surface area contributed by atoms with Crippen LogP contribution in [0.5, 0.6) is 0 Å². The second-order valence-corrected chi connectivity index (χ2v) is 8.69. The Kier molecular flexibility index (Phi) is 6.55. The highest BCUT2D eigenvalue weighted by atomic mass is 35.5. The van der Waals surface area contributed by atoms with Gasteiger partial charge >= 0.3 is 0 Å². The first-order valence-corrected chi connectivity index (χ1v) is 10.2. The van der Waals surface area contributed by atoms with Crippen molar-refractivity contribution in [2.45, 2.75) is 31.2 Å². The van der Waals surface area contributed by atoms with E-state index < -0.39 is 10.0 Å². The largest absolute Gasteiger partial charge is 0.350 e. The molecule has 1 amide bonds. The number of sulfonamides is 1. The summed E-state index contributed by atoms with van der Waals surface area (Å²) in [5.41, 5.74) is 0.651. The average Bonchev–Trinajstić information content (AvgIpc) is 2.60. The summed E-state index contributed by atoms with van der Waals surface area (Å²) in [7, 11) is -2.34. The molecule has 8 heteroatoms. The normalized spacial score (nSPS) is 12.5. The van der Waals surface area contributed by atoms with Crippen molar-refractivity contribution in [2.75, 3.05) is 11.4 Å². The van der Waals surface area contributed by atoms with E-state index in [1.807, 2.05) is 13.8 Å². The quantitative estimate of drug-likeness (QED) is 0.763. The van der Waals surface area contributed by atoms with Gasteiger partial charge in [0.1, 0.15) is 0 Å². The number of nitrogens with zero attached hydrogens (tertiary/aromatic N) is 1. The monoisotopic (exact) mass is 414 g/mol. The van der Waals surface area contributed by atoms with Crippen molar-refractivity contribution < 1.29 is 13.2 Å². The molecule has 0 spiro atoms. The van der Waals surface area contributed by atoms with Crippen molar-refractivity contribution in [1.29, 1.82) is 0 Å². The van der Waals surface area contributed by atoms with Gasteiger partial charge in [-0.2, -0.15) is 0 Å². The molecule has 1 unspecified atom stereocenters. The molecule has 26 heavy (non-hydrogen) atoms. The molecule has 0 saturated heterocycles. The Morgan fingerprint density at radius 3 is 2.31 bits per heavy atom. The van der Waals surface area contributed by atoms with E-state index in [-0.39, 0.29) is 21.9 Å². The van der Waals surface area contributed by atoms with Crippen molar-refractivity contribution in [1.82, 2.24) is 5.32 Å². The lowest BCUT2D eigenvalue weighted by Gasteiger charge is -2.20. The molecule has 0 aromatic heterocycles. The summed E-state index contributed by atoms with van der Waals surface area (Å²) >= 11 is 12.0. The lowest BCUT2D eigenvalue weighted by atomic mass is 10.1. The van der Waals surface area contributed by atoms with Gasteiger partial charge in [-0.1, -0.05) is 30.1 Å². The summed E-state index contributed by atoms with van der Waals surface area (Å²) in [5, 5.41) is 3.46. The fraction of sp³-hybridized carbons (Fsp3) is 0.278. The van der Waals surface area contributed by atoms with Crippen molar-refractivity contribution in [2.24, 2.45) is 0 Å². The van der Waals surface area contributed by atoms with Crippen molar-refractivity contribution >= 4 is 44.8 Å². The Hall–Kier alpha value is -1.76. The molecular weight excluding hydrogens is 395 g/mol. The van der Waals surface area contributed by atoms with Crippen molar-refractivity contribution in [3.05, 3.63) is 58.1 Å². The van der Waals surface area contributed by atoms with Crippen LogP contribution >= 0.6 is 23.2 Å². The van der Waals surface area contributed by atoms with Crippen LogP contribution in [-0.4, -0.2) is 27.4 Å². The first-order chi connectivity index (χ1) is 12.2. The standard InChI is InChI=1S/C18H20Cl2N2O3S/c1-4-12(2)21-18(23)16-10-7-14(11-17(16)20)22(3)26(24,25)15-8-5-13(19)6-9-15/h5-12H,4H2,1-3H3,(H,21,23). The SMILES string of the molecule is CCC(C)NC(=O)c1ccc(N(C)S(=O)(=O)c2ccc(Cl)cc2)cc1Cl. The van der Waals surface area contributed by atoms with Gasteiger partial charge in [-0.3, -0.25) is 9.10 Å². The molecule has 0 aliphatic heterocycles. The molecule has 0 fully saturated rings. The van der Waals surface area contributed by atoms with Crippen LogP contribution in [0.25, 0.3) is 0 Å². The number of carbonyl (C=O) groups is 1. The molecule has 0 aliphatic rings. The smallest absolute Gasteiger partial charge is 0.264 e. The van der Waals surface area contributed by atoms with Crippen LogP contribution in [0.3, 0.4) is 0 Å². The molecule has 2 aromatic rings. The minimum absolute atomic E-state index is 0.0196. The van der Waals surface area contributed by atoms with Gasteiger partial charge in [0.25, 0.3) is 15.9 Å². The minimum atomic E-state index is -3.77. The fourth-order valence-electron chi connectivity index (χ4n) is 2.19. The Morgan fingerprint density at radius 2 is 1.77 bits per heavy atom. The molecule has 1 N–H and O–H groups in total. The number of hydrogen-bond acceptors (Lipinski definition) is 3. The summed E-state index contributed by atoms with van der Waals surface area (Å²) in [6, 6.07) is 10.4. The number of nitrogens with one attached hydrogen (secondary N) is 1. The molecule has 0 heterocycles. The predicted molar refractivity (Wildman–Crippen MR) is 106 cm³/mol. The van der Waals surface area contributed by atoms with Gasteiger partial charge in [-0.05, 0) is 55.8 Å². The van der Waals surface area contributed by atoms with E-state index in [0.717, 1.165) is 10.7 Å². The van der Waals surface area contributed by atoms with Crippen LogP contribution in [0.15, 0.2) is 47.4 Å². The highest BCUT2D eigenvalue weighted by molar-refractivity contribution is 7.92. The molecule has 0 bridgehead atoms. The highest BCUT2D eigenvalue weighted by Gasteiger charge is 2.22. The molecule has 0 saturated carbocycles. The average molecular weight is 415 g/mol. The second kappa shape index (κ2) is 8.29. The van der Waals surface area contributed by atoms with E-state index >= 15 is 0 Å². The van der Waals surface area contributed by atoms with Gasteiger partial charge in [-0.15, -0.1) is 0 Å². The van der Waals surface area contributed by atoms with Crippen LogP contribution < -0.4 is 9.62 Å². The third-order valence-corrected chi connectivity index (χ3v) is 6.39. The number of anilines is 1. The summed E-state index contributed by atoms with van der Waals surface area (Å²) in [5.74, 6) is -0.292. The number of benzene rings is 2. The number of halogens is 2. The molecule has 1 atom stereocenters. The first kappa shape index (κ1) is 20.6. The summed E-state index contributed by atoms with van der Waals surface area (Å²) in [6.45, 7) is 3.86. The zero-order chi connectivity index (χ0) is 19.5. The van der Waals surface area contributed by atoms with Gasteiger partial charge in [0.15, 0.2) is 0 Å². The van der Waals surface area contributed by atoms with Crippen LogP contribution in [0.2, 0.25) is 10.0 Å². The lowest BCUT2D eigenvalue weighted by molar-refractivity contribution is 0.0939. The van der Waals surface area contributed by atoms with E-state index in [1.165, 1.54) is 43.4 Å². The topological polar surface area (TPSA) is 66.5 Å². The van der Waals surface area contributed by atoms with Gasteiger partial charge in [-0.25, -0.2) is 8.42 Å². The maximum Gasteiger partial charge on any atom is 0.264 e. The van der Waals surface area contributed by atoms with Gasteiger partial charge in [0.05, 0.1) is 21.2 Å². The Bertz CT molecular complexity index is 899. The van der Waals surface area contributed by atoms with E-state index in [0.29, 0.717) is 16.3 Å². The van der Waals surface area contributed by atoms with E-state index in [2.05, 4.69) is 5.32 Å². The van der Waals surface area contributed by atoms with E-state index in [4.69, 9.17) is 23.2 Å². The summed E-state index contributed by atoms with van der Waals surface area (Å²) < 4.78 is 26.5. The lowest BCUT2D eigenvalue weighted by Crippen LogP contribution is -2.32. The van der Waals surface area contributed by atoms with Crippen LogP contribution in [0.1, 0.15) is 30.6 Å². The van der Waals surface area contributed by atoms with Gasteiger partial charge in [0.2, 0.25) is 0 Å². The number of carbonyl (C=O) groups excluding carboxylic acids is 1. The van der Waals surface area contributed by atoms with Crippen molar-refractivity contribution in [3.8, 4) is 0 Å². The highest BCUT2D eigenvalue weighted by Crippen LogP contribution is 2.27. The third kappa shape index (κ3) is 4.50. The summed E-state index contributed by atoms with van der Waals surface area (Å²) in [6.07, 6.45) is 0.795. The fourth-order valence-corrected chi connectivity index (χ4v) is 3.77. The molecule has 140 valence electrons. The minimum Gasteiger partial charge on any atom is -0.350 e. The number of hydrogen-bond donors (Lipinski definition) is 1. The zero-order valence-electron chi connectivity index (χ0n) is 14.7. The Morgan fingerprint density at radius 1 is 1.15 bits per heavy atom. The number of amides is 1. The molecular formula is C18H20Cl2N2O3S. The van der Waals surface area contributed by atoms with E-state index in [1.54, 1.807) is 6.07 Å². The second-order valence-electron chi connectivity index (χ2n) is 5.87. The Balaban J connectivity index is 2.30. The number of rotatable bonds is 6. The molecule has 5 nitrogen and oxygen atoms in total. The predicted octanol–water partition coefficient (Wildman–Crippen LogP) is 4.35. The van der Waals surface area contributed by atoms with Crippen LogP contribution in [0, 0.1) is 0 Å².